The number of carbonyl (C=O) groups is 1. The van der Waals surface area contributed by atoms with E-state index in [2.05, 4.69) is 15.3 Å². The summed E-state index contributed by atoms with van der Waals surface area (Å²) in [6, 6.07) is 7.66. The fourth-order valence-electron chi connectivity index (χ4n) is 3.85. The van der Waals surface area contributed by atoms with Gasteiger partial charge in [-0.2, -0.15) is 10.2 Å². The van der Waals surface area contributed by atoms with Crippen LogP contribution in [0.1, 0.15) is 40.6 Å². The number of amides is 1. The summed E-state index contributed by atoms with van der Waals surface area (Å²) in [6.07, 6.45) is 1.85. The molecule has 0 unspecified atom stereocenters. The third kappa shape index (κ3) is 2.38. The minimum absolute atomic E-state index is 0.0355. The van der Waals surface area contributed by atoms with E-state index in [0.717, 1.165) is 35.0 Å². The largest absolute Gasteiger partial charge is 0.481 e. The number of rotatable bonds is 3. The molecule has 1 aliphatic rings. The Kier molecular flexibility index (Phi) is 3.71. The van der Waals surface area contributed by atoms with Gasteiger partial charge in [0.05, 0.1) is 29.9 Å². The first-order valence-electron chi connectivity index (χ1n) is 8.43. The van der Waals surface area contributed by atoms with Gasteiger partial charge < -0.3 is 9.64 Å². The number of aryl methyl sites for hydroxylation is 2. The molecule has 1 aromatic carbocycles. The molecule has 1 saturated heterocycles. The topological polar surface area (TPSA) is 76.0 Å². The molecule has 1 amide bonds. The molecule has 1 fully saturated rings. The molecule has 3 heterocycles. The first-order valence-corrected chi connectivity index (χ1v) is 8.43. The number of nitrogens with one attached hydrogen (secondary N) is 1. The van der Waals surface area contributed by atoms with Crippen LogP contribution in [0.15, 0.2) is 24.3 Å². The van der Waals surface area contributed by atoms with Crippen LogP contribution in [-0.2, 0) is 7.05 Å². The van der Waals surface area contributed by atoms with E-state index in [1.165, 1.54) is 0 Å². The number of likely N-dealkylation sites (tertiary alicyclic amines) is 1. The fourth-order valence-corrected chi connectivity index (χ4v) is 3.85. The molecule has 3 aromatic rings. The Bertz CT molecular complexity index is 942. The fraction of sp³-hybridized carbons (Fsp3) is 0.389. The highest BCUT2D eigenvalue weighted by molar-refractivity contribution is 6.04. The summed E-state index contributed by atoms with van der Waals surface area (Å²) in [5.41, 5.74) is 3.24. The van der Waals surface area contributed by atoms with Crippen molar-refractivity contribution >= 4 is 16.8 Å². The van der Waals surface area contributed by atoms with Gasteiger partial charge in [0.25, 0.3) is 5.91 Å². The molecular weight excluding hydrogens is 318 g/mol. The number of H-pyrrole nitrogens is 1. The maximum absolute atomic E-state index is 13.2. The predicted molar refractivity (Wildman–Crippen MR) is 93.6 cm³/mol. The molecule has 1 N–H and O–H groups in total. The van der Waals surface area contributed by atoms with Crippen molar-refractivity contribution in [3.05, 3.63) is 41.2 Å². The number of methoxy groups -OCH3 is 1. The number of para-hydroxylation sites is 1. The van der Waals surface area contributed by atoms with Gasteiger partial charge in [-0.25, -0.2) is 4.68 Å². The van der Waals surface area contributed by atoms with Crippen molar-refractivity contribution in [3.8, 4) is 5.88 Å². The Morgan fingerprint density at radius 2 is 2.16 bits per heavy atom. The first-order chi connectivity index (χ1) is 12.1. The number of carbonyl (C=O) groups excluding carboxylic acids is 1. The SMILES string of the molecule is COc1c([C@H]2CCCN2C(=O)c2n[nH]c3ccccc23)c(C)nn1C. The second-order valence-corrected chi connectivity index (χ2v) is 6.41. The van der Waals surface area contributed by atoms with E-state index in [9.17, 15) is 4.79 Å². The minimum atomic E-state index is -0.0507. The molecular formula is C18H21N5O2. The van der Waals surface area contributed by atoms with E-state index in [-0.39, 0.29) is 11.9 Å². The second-order valence-electron chi connectivity index (χ2n) is 6.41. The average Bonchev–Trinajstić information content (AvgIpc) is 3.30. The Labute approximate surface area is 145 Å². The Morgan fingerprint density at radius 1 is 1.36 bits per heavy atom. The Balaban J connectivity index is 1.74. The third-order valence-electron chi connectivity index (χ3n) is 4.93. The van der Waals surface area contributed by atoms with Gasteiger partial charge in [-0.15, -0.1) is 0 Å². The summed E-state index contributed by atoms with van der Waals surface area (Å²) >= 11 is 0. The third-order valence-corrected chi connectivity index (χ3v) is 4.93. The van der Waals surface area contributed by atoms with Crippen LogP contribution in [0.3, 0.4) is 0 Å². The number of nitrogens with zero attached hydrogens (tertiary/aromatic N) is 4. The van der Waals surface area contributed by atoms with Gasteiger partial charge in [-0.3, -0.25) is 9.89 Å². The average molecular weight is 339 g/mol. The van der Waals surface area contributed by atoms with E-state index in [1.807, 2.05) is 43.1 Å². The van der Waals surface area contributed by atoms with Crippen molar-refractivity contribution in [2.24, 2.45) is 7.05 Å². The summed E-state index contributed by atoms with van der Waals surface area (Å²) in [7, 11) is 3.50. The zero-order valence-electron chi connectivity index (χ0n) is 14.6. The van der Waals surface area contributed by atoms with Gasteiger partial charge in [0.2, 0.25) is 5.88 Å². The van der Waals surface area contributed by atoms with Gasteiger partial charge in [-0.1, -0.05) is 18.2 Å². The standard InChI is InChI=1S/C18H21N5O2/c1-11-15(18(25-3)22(2)21-11)14-9-6-10-23(14)17(24)16-12-7-4-5-8-13(12)19-20-16/h4-5,7-8,14H,6,9-10H2,1-3H3,(H,19,20)/t14-/m1/s1. The molecule has 25 heavy (non-hydrogen) atoms. The van der Waals surface area contributed by atoms with Crippen LogP contribution in [0, 0.1) is 6.92 Å². The van der Waals surface area contributed by atoms with Gasteiger partial charge in [-0.05, 0) is 25.8 Å². The van der Waals surface area contributed by atoms with Gasteiger partial charge >= 0.3 is 0 Å². The molecule has 0 bridgehead atoms. The van der Waals surface area contributed by atoms with Crippen LogP contribution in [0.2, 0.25) is 0 Å². The maximum Gasteiger partial charge on any atom is 0.275 e. The van der Waals surface area contributed by atoms with Crippen LogP contribution in [0.5, 0.6) is 5.88 Å². The van der Waals surface area contributed by atoms with Crippen molar-refractivity contribution in [1.29, 1.82) is 0 Å². The van der Waals surface area contributed by atoms with Crippen LogP contribution in [-0.4, -0.2) is 44.4 Å². The molecule has 7 nitrogen and oxygen atoms in total. The summed E-state index contributed by atoms with van der Waals surface area (Å²) in [5, 5.41) is 12.5. The summed E-state index contributed by atoms with van der Waals surface area (Å²) in [5.74, 6) is 0.666. The minimum Gasteiger partial charge on any atom is -0.481 e. The number of hydrogen-bond acceptors (Lipinski definition) is 4. The lowest BCUT2D eigenvalue weighted by Crippen LogP contribution is -2.31. The molecule has 7 heteroatoms. The predicted octanol–water partition coefficient (Wildman–Crippen LogP) is 2.59. The lowest BCUT2D eigenvalue weighted by molar-refractivity contribution is 0.0729. The van der Waals surface area contributed by atoms with Crippen molar-refractivity contribution in [3.63, 3.8) is 0 Å². The number of ether oxygens (including phenoxy) is 1. The summed E-state index contributed by atoms with van der Waals surface area (Å²) < 4.78 is 7.27. The van der Waals surface area contributed by atoms with Crippen LogP contribution in [0.4, 0.5) is 0 Å². The second kappa shape index (κ2) is 5.91. The normalized spacial score (nSPS) is 17.4. The quantitative estimate of drug-likeness (QED) is 0.796. The van der Waals surface area contributed by atoms with Crippen LogP contribution >= 0.6 is 0 Å². The maximum atomic E-state index is 13.2. The van der Waals surface area contributed by atoms with Gasteiger partial charge in [0, 0.05) is 19.0 Å². The number of aromatic amines is 1. The highest BCUT2D eigenvalue weighted by Crippen LogP contribution is 2.39. The van der Waals surface area contributed by atoms with E-state index in [1.54, 1.807) is 11.8 Å². The molecule has 4 rings (SSSR count). The zero-order valence-corrected chi connectivity index (χ0v) is 14.6. The van der Waals surface area contributed by atoms with Crippen molar-refractivity contribution in [2.75, 3.05) is 13.7 Å². The summed E-state index contributed by atoms with van der Waals surface area (Å²) in [6.45, 7) is 2.67. The Hall–Kier alpha value is -2.83. The first kappa shape index (κ1) is 15.7. The molecule has 1 atom stereocenters. The molecule has 1 aliphatic heterocycles. The molecule has 130 valence electrons. The van der Waals surface area contributed by atoms with Crippen molar-refractivity contribution in [2.45, 2.75) is 25.8 Å². The van der Waals surface area contributed by atoms with E-state index in [4.69, 9.17) is 4.74 Å². The molecule has 0 saturated carbocycles. The monoisotopic (exact) mass is 339 g/mol. The van der Waals surface area contributed by atoms with Crippen molar-refractivity contribution < 1.29 is 9.53 Å². The van der Waals surface area contributed by atoms with E-state index < -0.39 is 0 Å². The lowest BCUT2D eigenvalue weighted by Gasteiger charge is -2.24. The van der Waals surface area contributed by atoms with Crippen LogP contribution in [0.25, 0.3) is 10.9 Å². The van der Waals surface area contributed by atoms with Crippen LogP contribution < -0.4 is 4.74 Å². The molecule has 0 spiro atoms. The van der Waals surface area contributed by atoms with Gasteiger partial charge in [0.15, 0.2) is 5.69 Å². The van der Waals surface area contributed by atoms with Crippen molar-refractivity contribution in [1.82, 2.24) is 24.9 Å². The van der Waals surface area contributed by atoms with E-state index in [0.29, 0.717) is 18.1 Å². The molecule has 0 aliphatic carbocycles. The highest BCUT2D eigenvalue weighted by Gasteiger charge is 2.36. The van der Waals surface area contributed by atoms with Gasteiger partial charge in [0.1, 0.15) is 0 Å². The number of benzene rings is 1. The smallest absolute Gasteiger partial charge is 0.275 e. The molecule has 0 radical (unpaired) electrons. The zero-order chi connectivity index (χ0) is 17.6. The number of aromatic nitrogens is 4. The number of hydrogen-bond donors (Lipinski definition) is 1. The molecule has 2 aromatic heterocycles. The number of fused-ring (bicyclic) bond motifs is 1. The van der Waals surface area contributed by atoms with E-state index >= 15 is 0 Å². The lowest BCUT2D eigenvalue weighted by atomic mass is 10.0. The highest BCUT2D eigenvalue weighted by atomic mass is 16.5. The Morgan fingerprint density at radius 3 is 2.96 bits per heavy atom. The summed E-state index contributed by atoms with van der Waals surface area (Å²) in [4.78, 5) is 15.1.